The molecule has 0 bridgehead atoms. The summed E-state index contributed by atoms with van der Waals surface area (Å²) in [5.74, 6) is 0.593. The topological polar surface area (TPSA) is 27.7 Å². The zero-order chi connectivity index (χ0) is 10.6. The van der Waals surface area contributed by atoms with Crippen LogP contribution < -0.4 is 0 Å². The van der Waals surface area contributed by atoms with Crippen LogP contribution in [0.2, 0.25) is 5.82 Å². The van der Waals surface area contributed by atoms with Crippen LogP contribution in [0.4, 0.5) is 0 Å². The zero-order valence-electron chi connectivity index (χ0n) is 9.66. The molecular formula is C10H21BO3. The van der Waals surface area contributed by atoms with Crippen LogP contribution in [-0.2, 0) is 14.2 Å². The summed E-state index contributed by atoms with van der Waals surface area (Å²) >= 11 is 0. The van der Waals surface area contributed by atoms with Crippen LogP contribution >= 0.6 is 0 Å². The van der Waals surface area contributed by atoms with Crippen LogP contribution in [0.25, 0.3) is 0 Å². The minimum atomic E-state index is 0.110. The third-order valence-corrected chi connectivity index (χ3v) is 2.54. The Kier molecular flexibility index (Phi) is 4.92. The molecule has 0 radical (unpaired) electrons. The van der Waals surface area contributed by atoms with Crippen molar-refractivity contribution in [2.24, 2.45) is 0 Å². The van der Waals surface area contributed by atoms with E-state index >= 15 is 0 Å². The molecule has 1 rings (SSSR count). The summed E-state index contributed by atoms with van der Waals surface area (Å²) in [7, 11) is 3.93. The van der Waals surface area contributed by atoms with Gasteiger partial charge in [-0.15, -0.1) is 0 Å². The van der Waals surface area contributed by atoms with Gasteiger partial charge in [0.15, 0.2) is 0 Å². The van der Waals surface area contributed by atoms with Crippen molar-refractivity contribution in [3.63, 3.8) is 0 Å². The van der Waals surface area contributed by atoms with Gasteiger partial charge in [0.25, 0.3) is 0 Å². The Morgan fingerprint density at radius 1 is 1.50 bits per heavy atom. The Hall–Kier alpha value is -0.0551. The molecule has 1 heterocycles. The lowest BCUT2D eigenvalue weighted by molar-refractivity contribution is -0.126. The highest BCUT2D eigenvalue weighted by Crippen LogP contribution is 2.23. The van der Waals surface area contributed by atoms with E-state index in [-0.39, 0.29) is 18.3 Å². The molecule has 0 aliphatic carbocycles. The molecule has 0 spiro atoms. The Labute approximate surface area is 87.5 Å². The van der Waals surface area contributed by atoms with E-state index in [0.717, 1.165) is 13.0 Å². The van der Waals surface area contributed by atoms with Gasteiger partial charge in [0.05, 0.1) is 18.8 Å². The van der Waals surface area contributed by atoms with Gasteiger partial charge in [0.1, 0.15) is 14.0 Å². The van der Waals surface area contributed by atoms with Gasteiger partial charge in [0, 0.05) is 13.7 Å². The van der Waals surface area contributed by atoms with Crippen molar-refractivity contribution in [1.29, 1.82) is 0 Å². The van der Waals surface area contributed by atoms with Crippen LogP contribution in [0.3, 0.4) is 0 Å². The van der Waals surface area contributed by atoms with Gasteiger partial charge in [0.2, 0.25) is 0 Å². The van der Waals surface area contributed by atoms with Gasteiger partial charge < -0.3 is 14.2 Å². The van der Waals surface area contributed by atoms with Crippen molar-refractivity contribution in [3.05, 3.63) is 0 Å². The van der Waals surface area contributed by atoms with Crippen LogP contribution in [0, 0.1) is 0 Å². The van der Waals surface area contributed by atoms with Crippen molar-refractivity contribution in [3.8, 4) is 0 Å². The maximum atomic E-state index is 5.69. The first-order valence-electron chi connectivity index (χ1n) is 5.39. The molecule has 0 aromatic heterocycles. The summed E-state index contributed by atoms with van der Waals surface area (Å²) in [6, 6.07) is 0. The van der Waals surface area contributed by atoms with Gasteiger partial charge in [-0.1, -0.05) is 0 Å². The van der Waals surface area contributed by atoms with Gasteiger partial charge in [-0.3, -0.25) is 0 Å². The van der Waals surface area contributed by atoms with E-state index < -0.39 is 0 Å². The second kappa shape index (κ2) is 5.74. The molecule has 0 aromatic rings. The van der Waals surface area contributed by atoms with Crippen LogP contribution in [0.15, 0.2) is 0 Å². The standard InChI is InChI=1S/C10H21BO3/c1-7(2)13-6-10-9(12-3)4-8(11)5-14-10/h7-10H,4-6,11H2,1-3H3/t8-,9-,10+/m0/s1. The smallest absolute Gasteiger partial charge is 0.108 e. The Balaban J connectivity index is 2.34. The first kappa shape index (κ1) is 12.0. The predicted octanol–water partition coefficient (Wildman–Crippen LogP) is 0.637. The fraction of sp³-hybridized carbons (Fsp3) is 1.00. The van der Waals surface area contributed by atoms with E-state index in [9.17, 15) is 0 Å². The average Bonchev–Trinajstić information content (AvgIpc) is 2.15. The minimum Gasteiger partial charge on any atom is -0.379 e. The monoisotopic (exact) mass is 200 g/mol. The van der Waals surface area contributed by atoms with E-state index in [0.29, 0.717) is 12.4 Å². The van der Waals surface area contributed by atoms with Crippen molar-refractivity contribution in [1.82, 2.24) is 0 Å². The molecule has 82 valence electrons. The maximum absolute atomic E-state index is 5.69. The summed E-state index contributed by atoms with van der Waals surface area (Å²) in [4.78, 5) is 0. The second-order valence-electron chi connectivity index (χ2n) is 4.37. The van der Waals surface area contributed by atoms with Crippen molar-refractivity contribution >= 4 is 7.85 Å². The largest absolute Gasteiger partial charge is 0.379 e. The van der Waals surface area contributed by atoms with Gasteiger partial charge in [-0.25, -0.2) is 0 Å². The third kappa shape index (κ3) is 3.60. The van der Waals surface area contributed by atoms with Crippen LogP contribution in [0.1, 0.15) is 20.3 Å². The highest BCUT2D eigenvalue weighted by Gasteiger charge is 2.29. The van der Waals surface area contributed by atoms with E-state index in [1.54, 1.807) is 7.11 Å². The van der Waals surface area contributed by atoms with E-state index in [2.05, 4.69) is 7.85 Å². The lowest BCUT2D eigenvalue weighted by Crippen LogP contribution is -2.41. The summed E-state index contributed by atoms with van der Waals surface area (Å²) < 4.78 is 16.6. The average molecular weight is 200 g/mol. The molecule has 0 unspecified atom stereocenters. The molecule has 3 atom stereocenters. The SMILES string of the molecule is B[C@@H]1CO[C@H](COC(C)C)[C@@H](OC)C1. The molecule has 0 amide bonds. The molecule has 0 N–H and O–H groups in total. The van der Waals surface area contributed by atoms with E-state index in [4.69, 9.17) is 14.2 Å². The predicted molar refractivity (Wildman–Crippen MR) is 58.5 cm³/mol. The number of methoxy groups -OCH3 is 1. The molecule has 4 heteroatoms. The molecule has 1 saturated heterocycles. The highest BCUT2D eigenvalue weighted by atomic mass is 16.6. The van der Waals surface area contributed by atoms with Gasteiger partial charge in [-0.05, 0) is 26.1 Å². The first-order valence-corrected chi connectivity index (χ1v) is 5.39. The quantitative estimate of drug-likeness (QED) is 0.623. The van der Waals surface area contributed by atoms with Gasteiger partial charge >= 0.3 is 0 Å². The molecule has 0 aromatic carbocycles. The molecule has 0 saturated carbocycles. The Bertz CT molecular complexity index is 163. The fourth-order valence-corrected chi connectivity index (χ4v) is 1.70. The summed E-state index contributed by atoms with van der Waals surface area (Å²) in [6.45, 7) is 5.54. The maximum Gasteiger partial charge on any atom is 0.108 e. The summed E-state index contributed by atoms with van der Waals surface area (Å²) in [5, 5.41) is 0. The lowest BCUT2D eigenvalue weighted by atomic mass is 9.80. The Morgan fingerprint density at radius 2 is 2.21 bits per heavy atom. The summed E-state index contributed by atoms with van der Waals surface area (Å²) in [5.41, 5.74) is 0. The van der Waals surface area contributed by atoms with Crippen LogP contribution in [0.5, 0.6) is 0 Å². The molecule has 1 aliphatic rings. The van der Waals surface area contributed by atoms with Crippen LogP contribution in [-0.4, -0.2) is 46.5 Å². The van der Waals surface area contributed by atoms with E-state index in [1.807, 2.05) is 13.8 Å². The number of ether oxygens (including phenoxy) is 3. The molecular weight excluding hydrogens is 179 g/mol. The summed E-state index contributed by atoms with van der Waals surface area (Å²) in [6.07, 6.45) is 1.63. The number of rotatable bonds is 4. The molecule has 3 nitrogen and oxygen atoms in total. The second-order valence-corrected chi connectivity index (χ2v) is 4.37. The fourth-order valence-electron chi connectivity index (χ4n) is 1.70. The van der Waals surface area contributed by atoms with E-state index in [1.165, 1.54) is 0 Å². The van der Waals surface area contributed by atoms with Crippen molar-refractivity contribution in [2.75, 3.05) is 20.3 Å². The first-order chi connectivity index (χ1) is 6.63. The third-order valence-electron chi connectivity index (χ3n) is 2.54. The van der Waals surface area contributed by atoms with Crippen molar-refractivity contribution in [2.45, 2.75) is 44.4 Å². The minimum absolute atomic E-state index is 0.110. The van der Waals surface area contributed by atoms with Gasteiger partial charge in [-0.2, -0.15) is 0 Å². The number of hydrogen-bond donors (Lipinski definition) is 0. The highest BCUT2D eigenvalue weighted by molar-refractivity contribution is 6.11. The molecule has 1 aliphatic heterocycles. The van der Waals surface area contributed by atoms with Crippen molar-refractivity contribution < 1.29 is 14.2 Å². The zero-order valence-corrected chi connectivity index (χ0v) is 9.66. The normalized spacial score (nSPS) is 33.6. The Morgan fingerprint density at radius 3 is 2.79 bits per heavy atom. The molecule has 14 heavy (non-hydrogen) atoms. The lowest BCUT2D eigenvalue weighted by Gasteiger charge is -2.34. The molecule has 1 fully saturated rings. The number of hydrogen-bond acceptors (Lipinski definition) is 3.